The van der Waals surface area contributed by atoms with Gasteiger partial charge in [-0.05, 0) is 18.2 Å². The Morgan fingerprint density at radius 1 is 1.38 bits per heavy atom. The molecule has 0 fully saturated rings. The van der Waals surface area contributed by atoms with Crippen molar-refractivity contribution >= 4 is 15.7 Å². The number of rotatable bonds is 5. The summed E-state index contributed by atoms with van der Waals surface area (Å²) in [6.07, 6.45) is -2.27. The van der Waals surface area contributed by atoms with E-state index in [1.165, 1.54) is 23.1 Å². The molecule has 0 radical (unpaired) electrons. The molecule has 2 aromatic rings. The van der Waals surface area contributed by atoms with Crippen molar-refractivity contribution in [1.82, 2.24) is 9.78 Å². The van der Waals surface area contributed by atoms with E-state index in [-0.39, 0.29) is 5.69 Å². The fourth-order valence-electron chi connectivity index (χ4n) is 1.91. The van der Waals surface area contributed by atoms with Gasteiger partial charge in [0.2, 0.25) is 0 Å². The maximum Gasteiger partial charge on any atom is 0.417 e. The molecule has 0 aliphatic carbocycles. The number of nitrogens with zero attached hydrogens (tertiary/aromatic N) is 3. The number of halogens is 3. The molecule has 0 amide bonds. The topological polar surface area (TPSA) is 114 Å². The van der Waals surface area contributed by atoms with Gasteiger partial charge < -0.3 is 5.73 Å². The number of hydrogen-bond acceptors (Lipinski definition) is 5. The number of hydrogen-bond donors (Lipinski definition) is 2. The molecule has 1 aromatic carbocycles. The number of alkyl halides is 3. The van der Waals surface area contributed by atoms with Gasteiger partial charge >= 0.3 is 6.18 Å². The van der Waals surface area contributed by atoms with E-state index in [0.717, 1.165) is 12.1 Å². The van der Waals surface area contributed by atoms with Gasteiger partial charge in [0.15, 0.2) is 0 Å². The van der Waals surface area contributed by atoms with E-state index < -0.39 is 32.2 Å². The van der Waals surface area contributed by atoms with E-state index in [1.54, 1.807) is 0 Å². The van der Waals surface area contributed by atoms with Crippen LogP contribution in [0.3, 0.4) is 0 Å². The highest BCUT2D eigenvalue weighted by Crippen LogP contribution is 2.33. The Kier molecular flexibility index (Phi) is 4.81. The predicted molar refractivity (Wildman–Crippen MR) is 78.2 cm³/mol. The number of nitrogens with two attached hydrogens (primary N) is 1. The lowest BCUT2D eigenvalue weighted by Gasteiger charge is -2.11. The van der Waals surface area contributed by atoms with Gasteiger partial charge in [0.1, 0.15) is 0 Å². The van der Waals surface area contributed by atoms with E-state index >= 15 is 0 Å². The second-order valence-electron chi connectivity index (χ2n) is 4.70. The Labute approximate surface area is 135 Å². The highest BCUT2D eigenvalue weighted by molar-refractivity contribution is 7.92. The van der Waals surface area contributed by atoms with E-state index in [1.807, 2.05) is 0 Å². The largest absolute Gasteiger partial charge is 0.417 e. The minimum Gasteiger partial charge on any atom is -0.329 e. The van der Waals surface area contributed by atoms with Crippen LogP contribution in [-0.4, -0.2) is 24.7 Å². The van der Waals surface area contributed by atoms with Crippen molar-refractivity contribution in [3.8, 4) is 6.07 Å². The smallest absolute Gasteiger partial charge is 0.329 e. The number of aromatic nitrogens is 2. The first-order chi connectivity index (χ1) is 11.2. The van der Waals surface area contributed by atoms with Gasteiger partial charge in [-0.1, -0.05) is 0 Å². The van der Waals surface area contributed by atoms with Crippen LogP contribution in [0.15, 0.2) is 35.5 Å². The molecule has 3 N–H and O–H groups in total. The Morgan fingerprint density at radius 3 is 2.67 bits per heavy atom. The van der Waals surface area contributed by atoms with Crippen LogP contribution in [0.2, 0.25) is 0 Å². The number of nitrogens with one attached hydrogen (secondary N) is 1. The average Bonchev–Trinajstić information content (AvgIpc) is 2.92. The summed E-state index contributed by atoms with van der Waals surface area (Å²) < 4.78 is 66.7. The second-order valence-corrected chi connectivity index (χ2v) is 6.39. The van der Waals surface area contributed by atoms with Crippen molar-refractivity contribution in [2.24, 2.45) is 5.73 Å². The highest BCUT2D eigenvalue weighted by atomic mass is 32.2. The minimum absolute atomic E-state index is 0.0846. The molecule has 0 saturated carbocycles. The van der Waals surface area contributed by atoms with Crippen LogP contribution in [0, 0.1) is 11.3 Å². The van der Waals surface area contributed by atoms with Crippen LogP contribution in [0.4, 0.5) is 18.9 Å². The Bertz CT molecular complexity index is 884. The molecule has 7 nitrogen and oxygen atoms in total. The summed E-state index contributed by atoms with van der Waals surface area (Å²) in [5, 5.41) is 12.6. The molecule has 128 valence electrons. The molecule has 0 atom stereocenters. The Hall–Kier alpha value is -2.58. The minimum atomic E-state index is -4.84. The Morgan fingerprint density at radius 2 is 2.08 bits per heavy atom. The summed E-state index contributed by atoms with van der Waals surface area (Å²) in [6.45, 7) is 0.648. The standard InChI is InChI=1S/C13H12F3N5O2S/c14-13(15,16)12-5-11(2-1-9(12)6-18)24(22,23)20-10-7-19-21(8-10)4-3-17/h1-2,5,7-8,20H,3-4,17H2. The van der Waals surface area contributed by atoms with Gasteiger partial charge in [0, 0.05) is 12.7 Å². The summed E-state index contributed by atoms with van der Waals surface area (Å²) in [5.41, 5.74) is 3.46. The average molecular weight is 359 g/mol. The molecule has 1 aromatic heterocycles. The third-order valence-electron chi connectivity index (χ3n) is 2.97. The van der Waals surface area contributed by atoms with Gasteiger partial charge in [-0.25, -0.2) is 8.42 Å². The van der Waals surface area contributed by atoms with Crippen LogP contribution in [0.5, 0.6) is 0 Å². The highest BCUT2D eigenvalue weighted by Gasteiger charge is 2.35. The molecule has 0 aliphatic heterocycles. The van der Waals surface area contributed by atoms with Crippen LogP contribution < -0.4 is 10.5 Å². The van der Waals surface area contributed by atoms with E-state index in [4.69, 9.17) is 11.0 Å². The third kappa shape index (κ3) is 3.84. The third-order valence-corrected chi connectivity index (χ3v) is 4.35. The fourth-order valence-corrected chi connectivity index (χ4v) is 2.96. The first-order valence-corrected chi connectivity index (χ1v) is 8.02. The normalized spacial score (nSPS) is 12.0. The van der Waals surface area contributed by atoms with Crippen LogP contribution in [0.25, 0.3) is 0 Å². The predicted octanol–water partition coefficient (Wildman–Crippen LogP) is 1.53. The summed E-state index contributed by atoms with van der Waals surface area (Å²) >= 11 is 0. The Balaban J connectivity index is 2.37. The van der Waals surface area contributed by atoms with Gasteiger partial charge in [0.05, 0.1) is 40.5 Å². The zero-order valence-electron chi connectivity index (χ0n) is 12.1. The van der Waals surface area contributed by atoms with Crippen LogP contribution in [0.1, 0.15) is 11.1 Å². The maximum atomic E-state index is 12.9. The molecule has 0 bridgehead atoms. The first kappa shape index (κ1) is 17.8. The number of anilines is 1. The number of benzene rings is 1. The van der Waals surface area contributed by atoms with Crippen molar-refractivity contribution < 1.29 is 21.6 Å². The maximum absolute atomic E-state index is 12.9. The fraction of sp³-hybridized carbons (Fsp3) is 0.231. The molecule has 11 heteroatoms. The van der Waals surface area contributed by atoms with Gasteiger partial charge in [-0.2, -0.15) is 23.5 Å². The second kappa shape index (κ2) is 6.50. The lowest BCUT2D eigenvalue weighted by atomic mass is 10.1. The van der Waals surface area contributed by atoms with Crippen LogP contribution in [-0.2, 0) is 22.7 Å². The SMILES string of the molecule is N#Cc1ccc(S(=O)(=O)Nc2cnn(CCN)c2)cc1C(F)(F)F. The van der Waals surface area contributed by atoms with Crippen molar-refractivity contribution in [1.29, 1.82) is 5.26 Å². The molecule has 0 spiro atoms. The summed E-state index contributed by atoms with van der Waals surface area (Å²) in [4.78, 5) is -0.611. The molecule has 0 unspecified atom stereocenters. The van der Waals surface area contributed by atoms with E-state index in [0.29, 0.717) is 19.2 Å². The lowest BCUT2D eigenvalue weighted by molar-refractivity contribution is -0.137. The van der Waals surface area contributed by atoms with Crippen molar-refractivity contribution in [2.45, 2.75) is 17.6 Å². The first-order valence-electron chi connectivity index (χ1n) is 6.54. The molecule has 0 aliphatic rings. The zero-order chi connectivity index (χ0) is 18.0. The summed E-state index contributed by atoms with van der Waals surface area (Å²) in [5.74, 6) is 0. The number of nitriles is 1. The molecular formula is C13H12F3N5O2S. The zero-order valence-corrected chi connectivity index (χ0v) is 12.9. The van der Waals surface area contributed by atoms with E-state index in [9.17, 15) is 21.6 Å². The van der Waals surface area contributed by atoms with Crippen molar-refractivity contribution in [3.63, 3.8) is 0 Å². The molecule has 0 saturated heterocycles. The van der Waals surface area contributed by atoms with Crippen molar-refractivity contribution in [2.75, 3.05) is 11.3 Å². The van der Waals surface area contributed by atoms with Gasteiger partial charge in [-0.15, -0.1) is 0 Å². The molecular weight excluding hydrogens is 347 g/mol. The monoisotopic (exact) mass is 359 g/mol. The number of sulfonamides is 1. The molecule has 24 heavy (non-hydrogen) atoms. The quantitative estimate of drug-likeness (QED) is 0.840. The molecule has 2 rings (SSSR count). The van der Waals surface area contributed by atoms with Crippen molar-refractivity contribution in [3.05, 3.63) is 41.7 Å². The molecule has 1 heterocycles. The van der Waals surface area contributed by atoms with Gasteiger partial charge in [-0.3, -0.25) is 9.40 Å². The summed E-state index contributed by atoms with van der Waals surface area (Å²) in [7, 11) is -4.27. The summed E-state index contributed by atoms with van der Waals surface area (Å²) in [6, 6.07) is 3.55. The van der Waals surface area contributed by atoms with Gasteiger partial charge in [0.25, 0.3) is 10.0 Å². The van der Waals surface area contributed by atoms with E-state index in [2.05, 4.69) is 9.82 Å². The van der Waals surface area contributed by atoms with Crippen LogP contribution >= 0.6 is 0 Å². The lowest BCUT2D eigenvalue weighted by Crippen LogP contribution is -2.15.